The number of hydrogen-bond donors (Lipinski definition) is 2. The van der Waals surface area contributed by atoms with Crippen molar-refractivity contribution in [2.45, 2.75) is 6.61 Å². The van der Waals surface area contributed by atoms with Gasteiger partial charge < -0.3 is 4.74 Å². The zero-order valence-corrected chi connectivity index (χ0v) is 15.0. The molecule has 0 bridgehead atoms. The number of hydrogen-bond acceptors (Lipinski definition) is 5. The summed E-state index contributed by atoms with van der Waals surface area (Å²) >= 11 is 11.8. The molecular formula is C18H14Cl2N4O2. The molecular weight excluding hydrogens is 375 g/mol. The van der Waals surface area contributed by atoms with Crippen LogP contribution < -0.4 is 15.7 Å². The van der Waals surface area contributed by atoms with Crippen LogP contribution in [0.3, 0.4) is 0 Å². The summed E-state index contributed by atoms with van der Waals surface area (Å²) in [5.41, 5.74) is 4.32. The maximum Gasteiger partial charge on any atom is 0.285 e. The minimum absolute atomic E-state index is 0.00393. The van der Waals surface area contributed by atoms with Crippen LogP contribution in [-0.4, -0.2) is 16.4 Å². The van der Waals surface area contributed by atoms with E-state index in [2.05, 4.69) is 20.7 Å². The van der Waals surface area contributed by atoms with Crippen LogP contribution in [0.4, 0.5) is 5.69 Å². The van der Waals surface area contributed by atoms with Gasteiger partial charge in [0.25, 0.3) is 5.56 Å². The van der Waals surface area contributed by atoms with E-state index in [9.17, 15) is 4.79 Å². The lowest BCUT2D eigenvalue weighted by molar-refractivity contribution is 0.306. The number of nitrogens with zero attached hydrogens (tertiary/aromatic N) is 2. The van der Waals surface area contributed by atoms with Crippen LogP contribution in [0.5, 0.6) is 5.75 Å². The fourth-order valence-corrected chi connectivity index (χ4v) is 2.46. The molecule has 0 fully saturated rings. The molecule has 132 valence electrons. The first-order chi connectivity index (χ1) is 12.6. The zero-order valence-electron chi connectivity index (χ0n) is 13.4. The highest BCUT2D eigenvalue weighted by Crippen LogP contribution is 2.17. The fraction of sp³-hybridized carbons (Fsp3) is 0.0556. The van der Waals surface area contributed by atoms with Crippen LogP contribution in [0, 0.1) is 0 Å². The lowest BCUT2D eigenvalue weighted by atomic mass is 10.2. The highest BCUT2D eigenvalue weighted by molar-refractivity contribution is 6.32. The van der Waals surface area contributed by atoms with E-state index in [4.69, 9.17) is 27.9 Å². The van der Waals surface area contributed by atoms with Crippen LogP contribution >= 0.6 is 23.2 Å². The minimum atomic E-state index is -0.483. The van der Waals surface area contributed by atoms with Gasteiger partial charge in [-0.25, -0.2) is 5.10 Å². The molecule has 26 heavy (non-hydrogen) atoms. The molecule has 0 amide bonds. The van der Waals surface area contributed by atoms with E-state index in [-0.39, 0.29) is 5.02 Å². The Morgan fingerprint density at radius 3 is 2.88 bits per heavy atom. The van der Waals surface area contributed by atoms with Crippen molar-refractivity contribution in [1.29, 1.82) is 0 Å². The Labute approximate surface area is 159 Å². The zero-order chi connectivity index (χ0) is 18.4. The van der Waals surface area contributed by atoms with Crippen molar-refractivity contribution in [3.05, 3.63) is 86.3 Å². The number of hydrazone groups is 1. The normalized spacial score (nSPS) is 10.8. The molecule has 0 saturated heterocycles. The summed E-state index contributed by atoms with van der Waals surface area (Å²) in [6.45, 7) is 0.410. The maximum atomic E-state index is 11.4. The van der Waals surface area contributed by atoms with Crippen molar-refractivity contribution in [3.63, 3.8) is 0 Å². The predicted molar refractivity (Wildman–Crippen MR) is 103 cm³/mol. The molecule has 0 aliphatic heterocycles. The Bertz CT molecular complexity index is 989. The van der Waals surface area contributed by atoms with E-state index in [1.54, 1.807) is 6.21 Å². The van der Waals surface area contributed by atoms with Crippen molar-refractivity contribution in [2.24, 2.45) is 5.10 Å². The molecule has 0 spiro atoms. The van der Waals surface area contributed by atoms with E-state index >= 15 is 0 Å². The molecule has 0 aliphatic rings. The lowest BCUT2D eigenvalue weighted by Crippen LogP contribution is -2.10. The number of ether oxygens (including phenoxy) is 1. The van der Waals surface area contributed by atoms with E-state index in [1.165, 1.54) is 6.20 Å². The largest absolute Gasteiger partial charge is 0.489 e. The third-order valence-corrected chi connectivity index (χ3v) is 3.96. The highest BCUT2D eigenvalue weighted by atomic mass is 35.5. The van der Waals surface area contributed by atoms with Crippen molar-refractivity contribution in [1.82, 2.24) is 10.2 Å². The first-order valence-electron chi connectivity index (χ1n) is 7.61. The molecule has 0 unspecified atom stereocenters. The van der Waals surface area contributed by atoms with Gasteiger partial charge in [0.1, 0.15) is 23.1 Å². The fourth-order valence-electron chi connectivity index (χ4n) is 2.12. The summed E-state index contributed by atoms with van der Waals surface area (Å²) in [4.78, 5) is 11.4. The van der Waals surface area contributed by atoms with E-state index in [1.807, 2.05) is 48.5 Å². The van der Waals surface area contributed by atoms with Gasteiger partial charge in [0.05, 0.1) is 12.4 Å². The van der Waals surface area contributed by atoms with Gasteiger partial charge in [0.15, 0.2) is 0 Å². The summed E-state index contributed by atoms with van der Waals surface area (Å²) < 4.78 is 5.77. The van der Waals surface area contributed by atoms with E-state index in [0.717, 1.165) is 11.1 Å². The molecule has 0 radical (unpaired) electrons. The third-order valence-electron chi connectivity index (χ3n) is 3.35. The quantitative estimate of drug-likeness (QED) is 0.492. The number of benzene rings is 2. The number of aromatic amines is 1. The number of aromatic nitrogens is 2. The maximum absolute atomic E-state index is 11.4. The van der Waals surface area contributed by atoms with Gasteiger partial charge in [0.2, 0.25) is 0 Å². The summed E-state index contributed by atoms with van der Waals surface area (Å²) in [7, 11) is 0. The van der Waals surface area contributed by atoms with Crippen LogP contribution in [0.2, 0.25) is 10.0 Å². The summed E-state index contributed by atoms with van der Waals surface area (Å²) in [5.74, 6) is 0.699. The standard InChI is InChI=1S/C18H14Cl2N4O2/c19-14-5-1-4-13(7-14)11-26-15-6-2-3-12(8-15)9-21-23-16-10-22-24-18(25)17(16)20/h1-10H,11H2,(H2,23,24,25)/b21-9+. The Balaban J connectivity index is 1.63. The van der Waals surface area contributed by atoms with Crippen LogP contribution in [-0.2, 0) is 6.61 Å². The van der Waals surface area contributed by atoms with Crippen molar-refractivity contribution < 1.29 is 4.74 Å². The average Bonchev–Trinajstić information content (AvgIpc) is 2.64. The topological polar surface area (TPSA) is 79.4 Å². The van der Waals surface area contributed by atoms with Gasteiger partial charge in [0, 0.05) is 5.02 Å². The summed E-state index contributed by atoms with van der Waals surface area (Å²) in [5, 5.41) is 10.6. The average molecular weight is 389 g/mol. The molecule has 3 rings (SSSR count). The second-order valence-corrected chi connectivity index (χ2v) is 6.10. The van der Waals surface area contributed by atoms with Gasteiger partial charge in [-0.15, -0.1) is 0 Å². The molecule has 2 N–H and O–H groups in total. The second-order valence-electron chi connectivity index (χ2n) is 5.29. The van der Waals surface area contributed by atoms with Gasteiger partial charge >= 0.3 is 0 Å². The summed E-state index contributed by atoms with van der Waals surface area (Å²) in [6, 6.07) is 14.9. The third kappa shape index (κ3) is 4.84. The number of halogens is 2. The smallest absolute Gasteiger partial charge is 0.285 e. The van der Waals surface area contributed by atoms with E-state index in [0.29, 0.717) is 23.1 Å². The Hall–Kier alpha value is -2.83. The molecule has 0 saturated carbocycles. The number of anilines is 1. The van der Waals surface area contributed by atoms with Gasteiger partial charge in [-0.2, -0.15) is 10.2 Å². The highest BCUT2D eigenvalue weighted by Gasteiger charge is 2.03. The number of rotatable bonds is 6. The van der Waals surface area contributed by atoms with Crippen molar-refractivity contribution in [3.8, 4) is 5.75 Å². The number of H-pyrrole nitrogens is 1. The Morgan fingerprint density at radius 1 is 1.19 bits per heavy atom. The van der Waals surface area contributed by atoms with Crippen molar-refractivity contribution in [2.75, 3.05) is 5.43 Å². The van der Waals surface area contributed by atoms with Gasteiger partial charge in [-0.1, -0.05) is 47.5 Å². The Morgan fingerprint density at radius 2 is 2.04 bits per heavy atom. The molecule has 2 aromatic carbocycles. The second kappa shape index (κ2) is 8.51. The minimum Gasteiger partial charge on any atom is -0.489 e. The van der Waals surface area contributed by atoms with Crippen LogP contribution in [0.15, 0.2) is 64.6 Å². The molecule has 0 atom stereocenters. The predicted octanol–water partition coefficient (Wildman–Crippen LogP) is 4.10. The molecule has 6 nitrogen and oxygen atoms in total. The first-order valence-corrected chi connectivity index (χ1v) is 8.37. The SMILES string of the molecule is O=c1[nH]ncc(N/N=C/c2cccc(OCc3cccc(Cl)c3)c2)c1Cl. The molecule has 1 heterocycles. The van der Waals surface area contributed by atoms with Crippen molar-refractivity contribution >= 4 is 35.1 Å². The molecule has 0 aliphatic carbocycles. The number of nitrogens with one attached hydrogen (secondary N) is 2. The monoisotopic (exact) mass is 388 g/mol. The first kappa shape index (κ1) is 18.0. The molecule has 8 heteroatoms. The van der Waals surface area contributed by atoms with E-state index < -0.39 is 5.56 Å². The molecule has 1 aromatic heterocycles. The van der Waals surface area contributed by atoms with Gasteiger partial charge in [-0.3, -0.25) is 10.2 Å². The summed E-state index contributed by atoms with van der Waals surface area (Å²) in [6.07, 6.45) is 2.97. The van der Waals surface area contributed by atoms with Gasteiger partial charge in [-0.05, 0) is 35.4 Å². The Kier molecular flexibility index (Phi) is 5.88. The lowest BCUT2D eigenvalue weighted by Gasteiger charge is -2.07. The van der Waals surface area contributed by atoms with Crippen LogP contribution in [0.25, 0.3) is 0 Å². The molecule has 3 aromatic rings. The van der Waals surface area contributed by atoms with Crippen LogP contribution in [0.1, 0.15) is 11.1 Å².